The van der Waals surface area contributed by atoms with Crippen molar-refractivity contribution >= 4 is 8.05 Å². The SMILES string of the molecule is BO.CCC(CO)(CO)CO. The molecule has 0 fully saturated rings. The number of rotatable bonds is 4. The molecule has 0 aliphatic rings. The topological polar surface area (TPSA) is 80.9 Å². The molecule has 0 spiro atoms. The Bertz CT molecular complexity index is 57.5. The summed E-state index contributed by atoms with van der Waals surface area (Å²) in [5.41, 5.74) is -0.667. The highest BCUT2D eigenvalue weighted by Crippen LogP contribution is 2.18. The number of hydrogen-bond acceptors (Lipinski definition) is 4. The summed E-state index contributed by atoms with van der Waals surface area (Å²) in [4.78, 5) is 0. The summed E-state index contributed by atoms with van der Waals surface area (Å²) in [6.45, 7) is 1.35. The van der Waals surface area contributed by atoms with E-state index in [1.807, 2.05) is 6.92 Å². The van der Waals surface area contributed by atoms with Gasteiger partial charge in [0.2, 0.25) is 0 Å². The van der Waals surface area contributed by atoms with E-state index in [2.05, 4.69) is 0 Å². The van der Waals surface area contributed by atoms with Crippen molar-refractivity contribution in [2.75, 3.05) is 19.8 Å². The lowest BCUT2D eigenvalue weighted by Crippen LogP contribution is -2.32. The van der Waals surface area contributed by atoms with E-state index in [0.29, 0.717) is 6.42 Å². The maximum Gasteiger partial charge on any atom is 0.252 e. The zero-order chi connectivity index (χ0) is 9.33. The molecule has 0 bridgehead atoms. The molecule has 11 heavy (non-hydrogen) atoms. The van der Waals surface area contributed by atoms with Gasteiger partial charge in [0.1, 0.15) is 0 Å². The van der Waals surface area contributed by atoms with Gasteiger partial charge in [0.05, 0.1) is 19.8 Å². The van der Waals surface area contributed by atoms with Crippen molar-refractivity contribution in [3.05, 3.63) is 0 Å². The zero-order valence-corrected chi connectivity index (χ0v) is 7.12. The minimum atomic E-state index is -0.667. The summed E-state index contributed by atoms with van der Waals surface area (Å²) in [5, 5.41) is 33.0. The second-order valence-corrected chi connectivity index (χ2v) is 2.33. The summed E-state index contributed by atoms with van der Waals surface area (Å²) < 4.78 is 0. The van der Waals surface area contributed by atoms with Crippen molar-refractivity contribution in [2.45, 2.75) is 13.3 Å². The molecule has 0 rings (SSSR count). The average molecular weight is 164 g/mol. The third kappa shape index (κ3) is 4.37. The molecule has 0 aromatic heterocycles. The Hall–Kier alpha value is -0.0951. The normalized spacial score (nSPS) is 10.3. The van der Waals surface area contributed by atoms with Gasteiger partial charge in [-0.25, -0.2) is 0 Å². The fourth-order valence-corrected chi connectivity index (χ4v) is 0.485. The molecule has 0 saturated carbocycles. The molecule has 68 valence electrons. The van der Waals surface area contributed by atoms with Crippen LogP contribution in [0.25, 0.3) is 0 Å². The zero-order valence-electron chi connectivity index (χ0n) is 7.12. The van der Waals surface area contributed by atoms with Crippen molar-refractivity contribution in [1.29, 1.82) is 0 Å². The average Bonchev–Trinajstić information content (AvgIpc) is 2.13. The number of aliphatic hydroxyl groups excluding tert-OH is 3. The van der Waals surface area contributed by atoms with Crippen molar-refractivity contribution in [3.63, 3.8) is 0 Å². The predicted molar refractivity (Wildman–Crippen MR) is 44.7 cm³/mol. The number of hydrogen-bond donors (Lipinski definition) is 4. The maximum absolute atomic E-state index is 8.66. The monoisotopic (exact) mass is 164 g/mol. The minimum Gasteiger partial charge on any atom is -0.458 e. The first-order chi connectivity index (χ1) is 5.24. The first-order valence-corrected chi connectivity index (χ1v) is 3.52. The third-order valence-corrected chi connectivity index (χ3v) is 1.76. The lowest BCUT2D eigenvalue weighted by atomic mass is 9.88. The largest absolute Gasteiger partial charge is 0.458 e. The van der Waals surface area contributed by atoms with Gasteiger partial charge in [0, 0.05) is 5.41 Å². The first-order valence-electron chi connectivity index (χ1n) is 3.52. The van der Waals surface area contributed by atoms with E-state index in [0.717, 1.165) is 8.05 Å². The van der Waals surface area contributed by atoms with E-state index in [-0.39, 0.29) is 19.8 Å². The van der Waals surface area contributed by atoms with Crippen LogP contribution < -0.4 is 0 Å². The number of aliphatic hydroxyl groups is 3. The third-order valence-electron chi connectivity index (χ3n) is 1.76. The smallest absolute Gasteiger partial charge is 0.252 e. The van der Waals surface area contributed by atoms with Gasteiger partial charge in [-0.1, -0.05) is 6.92 Å². The van der Waals surface area contributed by atoms with Crippen molar-refractivity contribution in [2.24, 2.45) is 5.41 Å². The van der Waals surface area contributed by atoms with Crippen LogP contribution in [0, 0.1) is 5.41 Å². The van der Waals surface area contributed by atoms with Gasteiger partial charge in [0.25, 0.3) is 8.05 Å². The van der Waals surface area contributed by atoms with E-state index in [1.54, 1.807) is 0 Å². The van der Waals surface area contributed by atoms with Crippen LogP contribution in [0.3, 0.4) is 0 Å². The predicted octanol–water partition coefficient (Wildman–Crippen LogP) is -2.11. The Morgan fingerprint density at radius 3 is 1.27 bits per heavy atom. The van der Waals surface area contributed by atoms with E-state index < -0.39 is 5.41 Å². The van der Waals surface area contributed by atoms with Gasteiger partial charge in [-0.3, -0.25) is 0 Å². The Morgan fingerprint density at radius 1 is 1.00 bits per heavy atom. The molecule has 0 saturated heterocycles. The fourth-order valence-electron chi connectivity index (χ4n) is 0.485. The molecule has 5 heteroatoms. The molecule has 0 aliphatic heterocycles. The Morgan fingerprint density at radius 2 is 1.27 bits per heavy atom. The quantitative estimate of drug-likeness (QED) is 0.358. The lowest BCUT2D eigenvalue weighted by molar-refractivity contribution is 0.00304. The molecular formula is C6H17BO4. The van der Waals surface area contributed by atoms with Crippen molar-refractivity contribution in [3.8, 4) is 0 Å². The minimum absolute atomic E-state index is 0.156. The molecule has 0 unspecified atom stereocenters. The van der Waals surface area contributed by atoms with Crippen LogP contribution in [0.1, 0.15) is 13.3 Å². The van der Waals surface area contributed by atoms with Crippen LogP contribution in [0.2, 0.25) is 0 Å². The van der Waals surface area contributed by atoms with Crippen LogP contribution in [0.5, 0.6) is 0 Å². The van der Waals surface area contributed by atoms with E-state index in [1.165, 1.54) is 0 Å². The molecule has 0 aromatic carbocycles. The van der Waals surface area contributed by atoms with Crippen LogP contribution in [-0.2, 0) is 0 Å². The molecule has 0 atom stereocenters. The molecule has 0 radical (unpaired) electrons. The highest BCUT2D eigenvalue weighted by Gasteiger charge is 2.24. The van der Waals surface area contributed by atoms with Crippen molar-refractivity contribution < 1.29 is 20.3 Å². The molecule has 4 nitrogen and oxygen atoms in total. The van der Waals surface area contributed by atoms with E-state index >= 15 is 0 Å². The first kappa shape index (κ1) is 13.5. The van der Waals surface area contributed by atoms with Crippen LogP contribution in [0.15, 0.2) is 0 Å². The molecule has 4 N–H and O–H groups in total. The van der Waals surface area contributed by atoms with Gasteiger partial charge in [0.15, 0.2) is 0 Å². The Labute approximate surface area is 67.9 Å². The van der Waals surface area contributed by atoms with Crippen LogP contribution in [-0.4, -0.2) is 48.2 Å². The van der Waals surface area contributed by atoms with E-state index in [9.17, 15) is 0 Å². The fraction of sp³-hybridized carbons (Fsp3) is 1.00. The standard InChI is InChI=1S/C6H14O3.BH3O/c1-2-6(3-7,4-8)5-9;1-2/h7-9H,2-5H2,1H3;2H,1H2. The summed E-state index contributed by atoms with van der Waals surface area (Å²) in [7, 11) is 1.00. The molecule has 0 amide bonds. The van der Waals surface area contributed by atoms with Crippen LogP contribution in [0.4, 0.5) is 0 Å². The maximum atomic E-state index is 8.66. The molecule has 0 heterocycles. The Balaban J connectivity index is 0. The van der Waals surface area contributed by atoms with Gasteiger partial charge in [-0.05, 0) is 6.42 Å². The van der Waals surface area contributed by atoms with Gasteiger partial charge in [-0.2, -0.15) is 0 Å². The lowest BCUT2D eigenvalue weighted by Gasteiger charge is -2.24. The summed E-state index contributed by atoms with van der Waals surface area (Å²) in [6, 6.07) is 0. The summed E-state index contributed by atoms with van der Waals surface area (Å²) in [6.07, 6.45) is 0.594. The van der Waals surface area contributed by atoms with E-state index in [4.69, 9.17) is 20.3 Å². The summed E-state index contributed by atoms with van der Waals surface area (Å²) >= 11 is 0. The molecule has 0 aromatic rings. The summed E-state index contributed by atoms with van der Waals surface area (Å²) in [5.74, 6) is 0. The van der Waals surface area contributed by atoms with Crippen LogP contribution >= 0.6 is 0 Å². The molecular weight excluding hydrogens is 147 g/mol. The molecule has 0 aliphatic carbocycles. The second-order valence-electron chi connectivity index (χ2n) is 2.33. The Kier molecular flexibility index (Phi) is 9.82. The van der Waals surface area contributed by atoms with Gasteiger partial charge >= 0.3 is 0 Å². The second kappa shape index (κ2) is 8.01. The van der Waals surface area contributed by atoms with Gasteiger partial charge in [-0.15, -0.1) is 0 Å². The highest BCUT2D eigenvalue weighted by atomic mass is 16.3. The highest BCUT2D eigenvalue weighted by molar-refractivity contribution is 5.95. The van der Waals surface area contributed by atoms with Crippen molar-refractivity contribution in [1.82, 2.24) is 0 Å². The van der Waals surface area contributed by atoms with Gasteiger partial charge < -0.3 is 20.3 Å².